The second kappa shape index (κ2) is 7.85. The molecule has 0 atom stereocenters. The normalized spacial score (nSPS) is 15.3. The first kappa shape index (κ1) is 18.4. The molecule has 136 valence electrons. The van der Waals surface area contributed by atoms with E-state index in [9.17, 15) is 13.2 Å². The summed E-state index contributed by atoms with van der Waals surface area (Å²) in [7, 11) is -3.66. The predicted molar refractivity (Wildman–Crippen MR) is 100 cm³/mol. The summed E-state index contributed by atoms with van der Waals surface area (Å²) >= 11 is 0. The van der Waals surface area contributed by atoms with Crippen molar-refractivity contribution in [2.24, 2.45) is 0 Å². The van der Waals surface area contributed by atoms with Gasteiger partial charge in [0, 0.05) is 13.1 Å². The molecule has 5 nitrogen and oxygen atoms in total. The van der Waals surface area contributed by atoms with E-state index >= 15 is 0 Å². The third-order valence-electron chi connectivity index (χ3n) is 4.30. The molecule has 1 aliphatic rings. The first-order chi connectivity index (χ1) is 12.5. The van der Waals surface area contributed by atoms with E-state index in [0.29, 0.717) is 19.5 Å². The molecular weight excluding hydrogens is 350 g/mol. The van der Waals surface area contributed by atoms with Gasteiger partial charge < -0.3 is 4.74 Å². The molecule has 0 N–H and O–H groups in total. The number of esters is 1. The van der Waals surface area contributed by atoms with Crippen molar-refractivity contribution in [3.05, 3.63) is 71.8 Å². The molecule has 26 heavy (non-hydrogen) atoms. The molecule has 0 fully saturated rings. The number of hydrogen-bond donors (Lipinski definition) is 0. The summed E-state index contributed by atoms with van der Waals surface area (Å²) < 4.78 is 32.2. The van der Waals surface area contributed by atoms with Crippen LogP contribution in [0, 0.1) is 0 Å². The summed E-state index contributed by atoms with van der Waals surface area (Å²) in [5.41, 5.74) is 2.51. The molecule has 3 rings (SSSR count). The van der Waals surface area contributed by atoms with Gasteiger partial charge in [0.25, 0.3) is 0 Å². The lowest BCUT2D eigenvalue weighted by Gasteiger charge is -2.26. The molecule has 0 aromatic heterocycles. The molecule has 2 aromatic carbocycles. The Morgan fingerprint density at radius 1 is 1.12 bits per heavy atom. The van der Waals surface area contributed by atoms with Crippen molar-refractivity contribution in [3.63, 3.8) is 0 Å². The molecule has 0 radical (unpaired) electrons. The van der Waals surface area contributed by atoms with Crippen LogP contribution in [0.15, 0.2) is 65.6 Å². The summed E-state index contributed by atoms with van der Waals surface area (Å²) in [5, 5.41) is 0. The van der Waals surface area contributed by atoms with Crippen molar-refractivity contribution >= 4 is 21.6 Å². The Balaban J connectivity index is 1.80. The minimum atomic E-state index is -3.66. The van der Waals surface area contributed by atoms with E-state index in [0.717, 1.165) is 11.1 Å². The van der Waals surface area contributed by atoms with Crippen LogP contribution in [0.25, 0.3) is 5.57 Å². The SMILES string of the molecule is CCOC(=O)c1cccc(S(=O)(=O)N2CC=C(c3ccccc3)CC2)c1. The van der Waals surface area contributed by atoms with Crippen molar-refractivity contribution in [1.29, 1.82) is 0 Å². The predicted octanol–water partition coefficient (Wildman–Crippen LogP) is 3.34. The molecule has 0 aliphatic carbocycles. The second-order valence-corrected chi connectivity index (χ2v) is 7.89. The zero-order valence-corrected chi connectivity index (χ0v) is 15.4. The highest BCUT2D eigenvalue weighted by Gasteiger charge is 2.27. The van der Waals surface area contributed by atoms with Crippen LogP contribution in [0.3, 0.4) is 0 Å². The Morgan fingerprint density at radius 3 is 2.54 bits per heavy atom. The number of nitrogens with zero attached hydrogens (tertiary/aromatic N) is 1. The summed E-state index contributed by atoms with van der Waals surface area (Å²) in [6.45, 7) is 2.68. The van der Waals surface area contributed by atoms with E-state index in [1.54, 1.807) is 19.1 Å². The van der Waals surface area contributed by atoms with E-state index in [4.69, 9.17) is 4.74 Å². The lowest BCUT2D eigenvalue weighted by Crippen LogP contribution is -2.34. The lowest BCUT2D eigenvalue weighted by molar-refractivity contribution is 0.0526. The van der Waals surface area contributed by atoms with Gasteiger partial charge >= 0.3 is 5.97 Å². The number of hydrogen-bond acceptors (Lipinski definition) is 4. The van der Waals surface area contributed by atoms with Crippen LogP contribution in [0.4, 0.5) is 0 Å². The van der Waals surface area contributed by atoms with E-state index in [2.05, 4.69) is 0 Å². The summed E-state index contributed by atoms with van der Waals surface area (Å²) in [6.07, 6.45) is 2.60. The third-order valence-corrected chi connectivity index (χ3v) is 6.16. The average molecular weight is 371 g/mol. The average Bonchev–Trinajstić information content (AvgIpc) is 2.69. The minimum Gasteiger partial charge on any atom is -0.462 e. The van der Waals surface area contributed by atoms with Gasteiger partial charge in [0.05, 0.1) is 17.1 Å². The fraction of sp³-hybridized carbons (Fsp3) is 0.250. The zero-order valence-electron chi connectivity index (χ0n) is 14.6. The molecule has 0 amide bonds. The first-order valence-corrected chi connectivity index (χ1v) is 9.98. The van der Waals surface area contributed by atoms with Gasteiger partial charge in [-0.05, 0) is 42.7 Å². The van der Waals surface area contributed by atoms with Crippen LogP contribution in [0.5, 0.6) is 0 Å². The van der Waals surface area contributed by atoms with Gasteiger partial charge in [-0.3, -0.25) is 0 Å². The molecule has 0 bridgehead atoms. The van der Waals surface area contributed by atoms with Crippen molar-refractivity contribution in [3.8, 4) is 0 Å². The summed E-state index contributed by atoms with van der Waals surface area (Å²) in [4.78, 5) is 12.0. The lowest BCUT2D eigenvalue weighted by atomic mass is 10.0. The Morgan fingerprint density at radius 2 is 1.88 bits per heavy atom. The fourth-order valence-corrected chi connectivity index (χ4v) is 4.36. The van der Waals surface area contributed by atoms with Gasteiger partial charge in [-0.2, -0.15) is 4.31 Å². The van der Waals surface area contributed by atoms with Crippen molar-refractivity contribution in [2.45, 2.75) is 18.2 Å². The first-order valence-electron chi connectivity index (χ1n) is 8.54. The molecule has 0 unspecified atom stereocenters. The quantitative estimate of drug-likeness (QED) is 0.756. The maximum absolute atomic E-state index is 12.9. The monoisotopic (exact) mass is 371 g/mol. The van der Waals surface area contributed by atoms with E-state index in [-0.39, 0.29) is 17.1 Å². The van der Waals surface area contributed by atoms with Gasteiger partial charge in [0.1, 0.15) is 0 Å². The molecule has 6 heteroatoms. The Bertz CT molecular complexity index is 920. The van der Waals surface area contributed by atoms with Crippen LogP contribution < -0.4 is 0 Å². The number of benzene rings is 2. The van der Waals surface area contributed by atoms with E-state index in [1.165, 1.54) is 16.4 Å². The highest BCUT2D eigenvalue weighted by atomic mass is 32.2. The summed E-state index contributed by atoms with van der Waals surface area (Å²) in [5.74, 6) is -0.519. The van der Waals surface area contributed by atoms with Crippen molar-refractivity contribution in [1.82, 2.24) is 4.31 Å². The smallest absolute Gasteiger partial charge is 0.338 e. The fourth-order valence-electron chi connectivity index (χ4n) is 2.93. The largest absolute Gasteiger partial charge is 0.462 e. The van der Waals surface area contributed by atoms with Gasteiger partial charge in [0.15, 0.2) is 0 Å². The zero-order chi connectivity index (χ0) is 18.6. The number of rotatable bonds is 5. The topological polar surface area (TPSA) is 63.7 Å². The number of sulfonamides is 1. The van der Waals surface area contributed by atoms with Crippen LogP contribution in [0.1, 0.15) is 29.3 Å². The molecular formula is C20H21NO4S. The molecule has 2 aromatic rings. The van der Waals surface area contributed by atoms with E-state index in [1.807, 2.05) is 36.4 Å². The Hall–Kier alpha value is -2.44. The summed E-state index contributed by atoms with van der Waals surface area (Å²) in [6, 6.07) is 16.0. The minimum absolute atomic E-state index is 0.111. The second-order valence-electron chi connectivity index (χ2n) is 5.96. The molecule has 0 saturated heterocycles. The number of carbonyl (C=O) groups is 1. The molecule has 0 saturated carbocycles. The van der Waals surface area contributed by atoms with Gasteiger partial charge in [-0.15, -0.1) is 0 Å². The maximum Gasteiger partial charge on any atom is 0.338 e. The standard InChI is InChI=1S/C20H21NO4S/c1-2-25-20(22)18-9-6-10-19(15-18)26(23,24)21-13-11-17(12-14-21)16-7-4-3-5-8-16/h3-11,15H,2,12-14H2,1H3. The Kier molecular flexibility index (Phi) is 5.54. The van der Waals surface area contributed by atoms with E-state index < -0.39 is 16.0 Å². The number of ether oxygens (including phenoxy) is 1. The molecule has 1 aliphatic heterocycles. The molecule has 0 spiro atoms. The van der Waals surface area contributed by atoms with Gasteiger partial charge in [0.2, 0.25) is 10.0 Å². The van der Waals surface area contributed by atoms with Crippen molar-refractivity contribution in [2.75, 3.05) is 19.7 Å². The third kappa shape index (κ3) is 3.86. The van der Waals surface area contributed by atoms with Crippen LogP contribution in [-0.4, -0.2) is 38.4 Å². The van der Waals surface area contributed by atoms with Crippen molar-refractivity contribution < 1.29 is 17.9 Å². The Labute approximate surface area is 154 Å². The number of carbonyl (C=O) groups excluding carboxylic acids is 1. The van der Waals surface area contributed by atoms with Crippen LogP contribution >= 0.6 is 0 Å². The van der Waals surface area contributed by atoms with Gasteiger partial charge in [-0.1, -0.05) is 42.5 Å². The molecule has 1 heterocycles. The maximum atomic E-state index is 12.9. The van der Waals surface area contributed by atoms with Crippen LogP contribution in [-0.2, 0) is 14.8 Å². The highest BCUT2D eigenvalue weighted by molar-refractivity contribution is 7.89. The van der Waals surface area contributed by atoms with Gasteiger partial charge in [-0.25, -0.2) is 13.2 Å². The van der Waals surface area contributed by atoms with Crippen LogP contribution in [0.2, 0.25) is 0 Å². The highest BCUT2D eigenvalue weighted by Crippen LogP contribution is 2.26.